The second-order valence-electron chi connectivity index (χ2n) is 5.36. The summed E-state index contributed by atoms with van der Waals surface area (Å²) in [6.07, 6.45) is -4.38. The predicted molar refractivity (Wildman–Crippen MR) is 74.8 cm³/mol. The summed E-state index contributed by atoms with van der Waals surface area (Å²) in [4.78, 5) is 4.34. The summed E-state index contributed by atoms with van der Waals surface area (Å²) in [6.45, 7) is 6.35. The Morgan fingerprint density at radius 2 is 1.71 bits per heavy atom. The molecule has 118 valence electrons. The van der Waals surface area contributed by atoms with Gasteiger partial charge in [-0.15, -0.1) is 0 Å². The third-order valence-corrected chi connectivity index (χ3v) is 3.97. The maximum atomic E-state index is 13.1. The first-order valence-corrected chi connectivity index (χ1v) is 7.18. The molecule has 6 heteroatoms. The second kappa shape index (κ2) is 6.77. The molecule has 0 amide bonds. The average molecular weight is 302 g/mol. The Morgan fingerprint density at radius 3 is 2.24 bits per heavy atom. The fourth-order valence-corrected chi connectivity index (χ4v) is 2.63. The molecule has 1 aliphatic heterocycles. The Balaban J connectivity index is 2.13. The molecule has 1 fully saturated rings. The van der Waals surface area contributed by atoms with E-state index in [0.29, 0.717) is 12.1 Å². The van der Waals surface area contributed by atoms with Gasteiger partial charge in [-0.25, -0.2) is 0 Å². The molecule has 0 aliphatic carbocycles. The van der Waals surface area contributed by atoms with Gasteiger partial charge in [0.2, 0.25) is 0 Å². The minimum absolute atomic E-state index is 0.282. The van der Waals surface area contributed by atoms with E-state index < -0.39 is 11.7 Å². The highest BCUT2D eigenvalue weighted by Crippen LogP contribution is 2.33. The Morgan fingerprint density at radius 1 is 1.10 bits per heavy atom. The maximum absolute atomic E-state index is 13.1. The number of rotatable bonds is 4. The van der Waals surface area contributed by atoms with E-state index in [9.17, 15) is 13.2 Å². The fourth-order valence-electron chi connectivity index (χ4n) is 2.63. The van der Waals surface area contributed by atoms with Crippen molar-refractivity contribution in [1.82, 2.24) is 9.80 Å². The zero-order valence-corrected chi connectivity index (χ0v) is 12.2. The van der Waals surface area contributed by atoms with E-state index in [0.717, 1.165) is 38.8 Å². The SMILES string of the molecule is CCN1CCN(Cc2ccc(CO)cc2C(F)(F)F)CC1. The monoisotopic (exact) mass is 302 g/mol. The number of aliphatic hydroxyl groups is 1. The lowest BCUT2D eigenvalue weighted by Gasteiger charge is -2.34. The lowest BCUT2D eigenvalue weighted by Crippen LogP contribution is -2.45. The van der Waals surface area contributed by atoms with Gasteiger partial charge in [0.15, 0.2) is 0 Å². The first-order valence-electron chi connectivity index (χ1n) is 7.18. The van der Waals surface area contributed by atoms with Gasteiger partial charge in [-0.05, 0) is 23.7 Å². The number of aliphatic hydroxyl groups excluding tert-OH is 1. The van der Waals surface area contributed by atoms with Crippen LogP contribution >= 0.6 is 0 Å². The highest BCUT2D eigenvalue weighted by Gasteiger charge is 2.34. The highest BCUT2D eigenvalue weighted by atomic mass is 19.4. The topological polar surface area (TPSA) is 26.7 Å². The normalized spacial score (nSPS) is 18.1. The Bertz CT molecular complexity index is 468. The summed E-state index contributed by atoms with van der Waals surface area (Å²) in [7, 11) is 0. The van der Waals surface area contributed by atoms with Crippen molar-refractivity contribution < 1.29 is 18.3 Å². The molecule has 1 saturated heterocycles. The van der Waals surface area contributed by atoms with Crippen molar-refractivity contribution in [1.29, 1.82) is 0 Å². The van der Waals surface area contributed by atoms with Crippen molar-refractivity contribution in [3.8, 4) is 0 Å². The van der Waals surface area contributed by atoms with Crippen LogP contribution in [0.1, 0.15) is 23.6 Å². The van der Waals surface area contributed by atoms with Crippen molar-refractivity contribution in [3.63, 3.8) is 0 Å². The van der Waals surface area contributed by atoms with Gasteiger partial charge in [-0.2, -0.15) is 13.2 Å². The molecule has 0 spiro atoms. The van der Waals surface area contributed by atoms with Crippen LogP contribution in [0.3, 0.4) is 0 Å². The van der Waals surface area contributed by atoms with E-state index in [-0.39, 0.29) is 12.2 Å². The van der Waals surface area contributed by atoms with Crippen LogP contribution in [-0.2, 0) is 19.3 Å². The molecule has 1 N–H and O–H groups in total. The summed E-state index contributed by atoms with van der Waals surface area (Å²) in [5, 5.41) is 9.01. The standard InChI is InChI=1S/C15H21F3N2O/c1-2-19-5-7-20(8-6-19)10-13-4-3-12(11-21)9-14(13)15(16,17)18/h3-4,9,21H,2,5-8,10-11H2,1H3. The number of nitrogens with zero attached hydrogens (tertiary/aromatic N) is 2. The second-order valence-corrected chi connectivity index (χ2v) is 5.36. The van der Waals surface area contributed by atoms with Crippen LogP contribution in [0, 0.1) is 0 Å². The van der Waals surface area contributed by atoms with Crippen LogP contribution in [0.4, 0.5) is 13.2 Å². The third-order valence-electron chi connectivity index (χ3n) is 3.97. The van der Waals surface area contributed by atoms with Gasteiger partial charge in [0.1, 0.15) is 0 Å². The summed E-state index contributed by atoms with van der Waals surface area (Å²) < 4.78 is 39.4. The van der Waals surface area contributed by atoms with E-state index in [1.54, 1.807) is 6.07 Å². The van der Waals surface area contributed by atoms with Gasteiger partial charge in [0.25, 0.3) is 0 Å². The maximum Gasteiger partial charge on any atom is 0.416 e. The molecule has 1 heterocycles. The zero-order chi connectivity index (χ0) is 15.5. The molecule has 3 nitrogen and oxygen atoms in total. The summed E-state index contributed by atoms with van der Waals surface area (Å²) in [6, 6.07) is 4.10. The molecular weight excluding hydrogens is 281 g/mol. The number of hydrogen-bond donors (Lipinski definition) is 1. The van der Waals surface area contributed by atoms with Gasteiger partial charge in [-0.3, -0.25) is 4.90 Å². The van der Waals surface area contributed by atoms with Gasteiger partial charge in [-0.1, -0.05) is 19.1 Å². The van der Waals surface area contributed by atoms with Crippen LogP contribution in [0.2, 0.25) is 0 Å². The van der Waals surface area contributed by atoms with Crippen LogP contribution in [-0.4, -0.2) is 47.6 Å². The molecule has 0 unspecified atom stereocenters. The van der Waals surface area contributed by atoms with E-state index in [1.807, 2.05) is 0 Å². The zero-order valence-electron chi connectivity index (χ0n) is 12.2. The molecule has 0 aromatic heterocycles. The van der Waals surface area contributed by atoms with Gasteiger partial charge in [0.05, 0.1) is 12.2 Å². The van der Waals surface area contributed by atoms with Crippen molar-refractivity contribution in [2.24, 2.45) is 0 Å². The Labute approximate surface area is 123 Å². The molecule has 2 rings (SSSR count). The molecular formula is C15H21F3N2O. The smallest absolute Gasteiger partial charge is 0.392 e. The summed E-state index contributed by atoms with van der Waals surface area (Å²) in [5.74, 6) is 0. The van der Waals surface area contributed by atoms with Crippen molar-refractivity contribution in [3.05, 3.63) is 34.9 Å². The van der Waals surface area contributed by atoms with Crippen molar-refractivity contribution >= 4 is 0 Å². The van der Waals surface area contributed by atoms with Gasteiger partial charge < -0.3 is 10.0 Å². The molecule has 1 aromatic rings. The first-order chi connectivity index (χ1) is 9.94. The summed E-state index contributed by atoms with van der Waals surface area (Å²) in [5.41, 5.74) is -0.0569. The fraction of sp³-hybridized carbons (Fsp3) is 0.600. The quantitative estimate of drug-likeness (QED) is 0.925. The Hall–Kier alpha value is -1.11. The van der Waals surface area contributed by atoms with E-state index in [1.165, 1.54) is 6.07 Å². The first kappa shape index (κ1) is 16.3. The average Bonchev–Trinajstić information content (AvgIpc) is 2.47. The van der Waals surface area contributed by atoms with E-state index in [4.69, 9.17) is 5.11 Å². The number of likely N-dealkylation sites (N-methyl/N-ethyl adjacent to an activating group) is 1. The minimum atomic E-state index is -4.38. The third kappa shape index (κ3) is 4.18. The number of alkyl halides is 3. The predicted octanol–water partition coefficient (Wildman–Crippen LogP) is 2.34. The molecule has 0 atom stereocenters. The molecule has 0 bridgehead atoms. The van der Waals surface area contributed by atoms with Crippen molar-refractivity contribution in [2.75, 3.05) is 32.7 Å². The van der Waals surface area contributed by atoms with Crippen LogP contribution in [0.5, 0.6) is 0 Å². The Kier molecular flexibility index (Phi) is 5.24. The van der Waals surface area contributed by atoms with Gasteiger partial charge >= 0.3 is 6.18 Å². The van der Waals surface area contributed by atoms with Crippen LogP contribution in [0.25, 0.3) is 0 Å². The van der Waals surface area contributed by atoms with Crippen LogP contribution in [0.15, 0.2) is 18.2 Å². The highest BCUT2D eigenvalue weighted by molar-refractivity contribution is 5.34. The lowest BCUT2D eigenvalue weighted by atomic mass is 10.0. The molecule has 0 radical (unpaired) electrons. The molecule has 21 heavy (non-hydrogen) atoms. The van der Waals surface area contributed by atoms with E-state index >= 15 is 0 Å². The van der Waals surface area contributed by atoms with Gasteiger partial charge in [0, 0.05) is 32.7 Å². The van der Waals surface area contributed by atoms with E-state index in [2.05, 4.69) is 16.7 Å². The number of piperazine rings is 1. The van der Waals surface area contributed by atoms with Crippen molar-refractivity contribution in [2.45, 2.75) is 26.3 Å². The minimum Gasteiger partial charge on any atom is -0.392 e. The molecule has 1 aromatic carbocycles. The number of benzene rings is 1. The summed E-state index contributed by atoms with van der Waals surface area (Å²) >= 11 is 0. The largest absolute Gasteiger partial charge is 0.416 e. The number of hydrogen-bond acceptors (Lipinski definition) is 3. The molecule has 0 saturated carbocycles. The lowest BCUT2D eigenvalue weighted by molar-refractivity contribution is -0.138. The van der Waals surface area contributed by atoms with Crippen LogP contribution < -0.4 is 0 Å². The molecule has 1 aliphatic rings. The number of halogens is 3.